The van der Waals surface area contributed by atoms with E-state index in [0.717, 1.165) is 23.7 Å². The lowest BCUT2D eigenvalue weighted by Crippen LogP contribution is -2.51. The summed E-state index contributed by atoms with van der Waals surface area (Å²) in [5.74, 6) is 2.69. The second-order valence-electron chi connectivity index (χ2n) is 7.72. The van der Waals surface area contributed by atoms with Crippen LogP contribution < -0.4 is 11.1 Å². The number of nitrogens with zero attached hydrogens (tertiary/aromatic N) is 1. The molecule has 4 nitrogen and oxygen atoms in total. The van der Waals surface area contributed by atoms with Crippen LogP contribution in [0, 0.1) is 5.41 Å². The number of alkyl halides is 3. The summed E-state index contributed by atoms with van der Waals surface area (Å²) in [4.78, 5) is 4.00. The van der Waals surface area contributed by atoms with Crippen LogP contribution in [-0.4, -0.2) is 41.5 Å². The number of halogens is 4. The maximum Gasteiger partial charge on any atom is 0.395 e. The molecule has 29 heavy (non-hydrogen) atoms. The zero-order chi connectivity index (χ0) is 21.7. The van der Waals surface area contributed by atoms with Crippen LogP contribution in [0.15, 0.2) is 12.4 Å². The quantitative estimate of drug-likeness (QED) is 0.438. The third-order valence-electron chi connectivity index (χ3n) is 5.95. The molecule has 9 heteroatoms. The molecule has 1 aliphatic rings. The van der Waals surface area contributed by atoms with Crippen molar-refractivity contribution in [3.8, 4) is 0 Å². The van der Waals surface area contributed by atoms with Crippen molar-refractivity contribution in [1.29, 1.82) is 0 Å². The molecule has 0 aromatic carbocycles. The molecular formula is C20H33ClF3N3OS. The second kappa shape index (κ2) is 10.1. The average molecular weight is 456 g/mol. The van der Waals surface area contributed by atoms with E-state index in [9.17, 15) is 13.2 Å². The van der Waals surface area contributed by atoms with Gasteiger partial charge in [-0.25, -0.2) is 0 Å². The summed E-state index contributed by atoms with van der Waals surface area (Å²) < 4.78 is 47.1. The Labute approximate surface area is 178 Å². The predicted molar refractivity (Wildman–Crippen MR) is 117 cm³/mol. The normalized spacial score (nSPS) is 18.3. The molecule has 1 fully saturated rings. The summed E-state index contributed by atoms with van der Waals surface area (Å²) in [5.41, 5.74) is 5.51. The van der Waals surface area contributed by atoms with Crippen LogP contribution in [0.25, 0.3) is 0 Å². The summed E-state index contributed by atoms with van der Waals surface area (Å²) in [6.07, 6.45) is 0.220. The molecule has 0 spiro atoms. The van der Waals surface area contributed by atoms with Crippen LogP contribution in [0.3, 0.4) is 0 Å². The average Bonchev–Trinajstić information content (AvgIpc) is 2.61. The van der Waals surface area contributed by atoms with Crippen LogP contribution in [0.4, 0.5) is 18.9 Å². The van der Waals surface area contributed by atoms with Crippen LogP contribution in [0.1, 0.15) is 58.1 Å². The predicted octanol–water partition coefficient (Wildman–Crippen LogP) is 5.87. The molecule has 0 aliphatic heterocycles. The fourth-order valence-corrected chi connectivity index (χ4v) is 6.93. The summed E-state index contributed by atoms with van der Waals surface area (Å²) >= 11 is 6.38. The van der Waals surface area contributed by atoms with Crippen molar-refractivity contribution < 1.29 is 17.4 Å². The second-order valence-corrected chi connectivity index (χ2v) is 11.8. The topological polar surface area (TPSA) is 60.2 Å². The van der Waals surface area contributed by atoms with Gasteiger partial charge in [0.2, 0.25) is 0 Å². The van der Waals surface area contributed by atoms with E-state index in [2.05, 4.69) is 31.1 Å². The van der Waals surface area contributed by atoms with Gasteiger partial charge in [-0.1, -0.05) is 38.8 Å². The number of pyridine rings is 1. The highest BCUT2D eigenvalue weighted by Gasteiger charge is 2.57. The first-order valence-corrected chi connectivity index (χ1v) is 12.7. The number of nitrogens with one attached hydrogen (secondary N) is 1. The van der Waals surface area contributed by atoms with Gasteiger partial charge in [0.25, 0.3) is 0 Å². The summed E-state index contributed by atoms with van der Waals surface area (Å²) in [6, 6.07) is 0. The molecule has 1 saturated carbocycles. The van der Waals surface area contributed by atoms with Gasteiger partial charge in [-0.15, -0.1) is 10.3 Å². The Morgan fingerprint density at radius 2 is 1.93 bits per heavy atom. The van der Waals surface area contributed by atoms with Gasteiger partial charge in [-0.2, -0.15) is 13.2 Å². The lowest BCUT2D eigenvalue weighted by molar-refractivity contribution is -0.248. The number of rotatable bonds is 11. The SMILES string of the molecule is CCCS(CC)(CC)OC(CNCC1(C(F)(F)F)CCC1)c1c(N)cncc1Cl. The van der Waals surface area contributed by atoms with Crippen LogP contribution in [0.2, 0.25) is 5.02 Å². The molecule has 1 unspecified atom stereocenters. The third kappa shape index (κ3) is 5.51. The minimum atomic E-state index is -4.20. The van der Waals surface area contributed by atoms with Gasteiger partial charge in [-0.05, 0) is 36.5 Å². The number of hydrogen-bond acceptors (Lipinski definition) is 4. The summed E-state index contributed by atoms with van der Waals surface area (Å²) in [7, 11) is -1.39. The lowest BCUT2D eigenvalue weighted by Gasteiger charge is -2.44. The van der Waals surface area contributed by atoms with Crippen molar-refractivity contribution in [2.75, 3.05) is 36.1 Å². The van der Waals surface area contributed by atoms with Crippen molar-refractivity contribution in [2.24, 2.45) is 5.41 Å². The van der Waals surface area contributed by atoms with E-state index in [1.807, 2.05) is 0 Å². The summed E-state index contributed by atoms with van der Waals surface area (Å²) in [6.45, 7) is 6.42. The molecular weight excluding hydrogens is 423 g/mol. The molecule has 0 amide bonds. The number of aromatic nitrogens is 1. The smallest absolute Gasteiger partial charge is 0.395 e. The number of nitrogens with two attached hydrogens (primary N) is 1. The van der Waals surface area contributed by atoms with Crippen LogP contribution in [-0.2, 0) is 4.18 Å². The van der Waals surface area contributed by atoms with Gasteiger partial charge >= 0.3 is 6.18 Å². The first-order chi connectivity index (χ1) is 13.6. The maximum atomic E-state index is 13.5. The Balaban J connectivity index is 2.23. The van der Waals surface area contributed by atoms with Crippen LogP contribution in [0.5, 0.6) is 0 Å². The zero-order valence-electron chi connectivity index (χ0n) is 17.4. The van der Waals surface area contributed by atoms with Crippen molar-refractivity contribution >= 4 is 27.6 Å². The van der Waals surface area contributed by atoms with E-state index in [4.69, 9.17) is 21.5 Å². The highest BCUT2D eigenvalue weighted by atomic mass is 35.5. The molecule has 2 rings (SSSR count). The molecule has 1 aromatic heterocycles. The fourth-order valence-electron chi connectivity index (χ4n) is 3.89. The largest absolute Gasteiger partial charge is 0.397 e. The zero-order valence-corrected chi connectivity index (χ0v) is 19.0. The van der Waals surface area contributed by atoms with Crippen molar-refractivity contribution in [1.82, 2.24) is 10.3 Å². The third-order valence-corrected chi connectivity index (χ3v) is 10.1. The monoisotopic (exact) mass is 455 g/mol. The highest BCUT2D eigenvalue weighted by molar-refractivity contribution is 8.29. The van der Waals surface area contributed by atoms with Gasteiger partial charge < -0.3 is 15.2 Å². The Kier molecular flexibility index (Phi) is 8.53. The Hall–Kier alpha value is -0.700. The standard InChI is InChI=1S/C20H33ClF3N3OS/c1-4-10-29(5-2,6-3)28-17(18-15(21)11-26-12-16(18)25)13-27-14-19(8-7-9-19)20(22,23)24/h11-12,17,27H,4-10,13-14,25H2,1-3H3. The van der Waals surface area contributed by atoms with E-state index < -0.39 is 28.0 Å². The van der Waals surface area contributed by atoms with E-state index in [-0.39, 0.29) is 25.9 Å². The van der Waals surface area contributed by atoms with Crippen LogP contribution >= 0.6 is 21.9 Å². The van der Waals surface area contributed by atoms with Crippen molar-refractivity contribution in [3.05, 3.63) is 23.0 Å². The molecule has 0 radical (unpaired) electrons. The molecule has 1 aromatic rings. The van der Waals surface area contributed by atoms with Crippen molar-refractivity contribution in [2.45, 2.75) is 58.7 Å². The number of nitrogen functional groups attached to an aromatic ring is 1. The molecule has 0 bridgehead atoms. The van der Waals surface area contributed by atoms with E-state index in [0.29, 0.717) is 22.7 Å². The van der Waals surface area contributed by atoms with Gasteiger partial charge in [0, 0.05) is 24.8 Å². The van der Waals surface area contributed by atoms with Gasteiger partial charge in [0.05, 0.1) is 22.3 Å². The molecule has 1 heterocycles. The fraction of sp³-hybridized carbons (Fsp3) is 0.750. The first kappa shape index (κ1) is 24.6. The highest BCUT2D eigenvalue weighted by Crippen LogP contribution is 2.54. The number of hydrogen-bond donors (Lipinski definition) is 2. The van der Waals surface area contributed by atoms with E-state index >= 15 is 0 Å². The van der Waals surface area contributed by atoms with Crippen molar-refractivity contribution in [3.63, 3.8) is 0 Å². The Bertz CT molecular complexity index is 647. The molecule has 0 saturated heterocycles. The van der Waals surface area contributed by atoms with Gasteiger partial charge in [0.1, 0.15) is 6.10 Å². The minimum Gasteiger partial charge on any atom is -0.397 e. The van der Waals surface area contributed by atoms with E-state index in [1.165, 1.54) is 12.4 Å². The number of anilines is 1. The Morgan fingerprint density at radius 1 is 1.28 bits per heavy atom. The summed E-state index contributed by atoms with van der Waals surface area (Å²) in [5, 5.41) is 3.41. The van der Waals surface area contributed by atoms with Gasteiger partial charge in [0.15, 0.2) is 0 Å². The minimum absolute atomic E-state index is 0.118. The molecule has 1 aliphatic carbocycles. The Morgan fingerprint density at radius 3 is 2.38 bits per heavy atom. The van der Waals surface area contributed by atoms with Gasteiger partial charge in [-0.3, -0.25) is 4.98 Å². The molecule has 168 valence electrons. The van der Waals surface area contributed by atoms with E-state index in [1.54, 1.807) is 0 Å². The molecule has 1 atom stereocenters. The lowest BCUT2D eigenvalue weighted by atomic mass is 9.68. The molecule has 3 N–H and O–H groups in total. The first-order valence-electron chi connectivity index (χ1n) is 10.2. The maximum absolute atomic E-state index is 13.5.